The second-order valence-corrected chi connectivity index (χ2v) is 7.89. The molecule has 0 fully saturated rings. The van der Waals surface area contributed by atoms with Crippen molar-refractivity contribution in [3.63, 3.8) is 0 Å². The molecule has 24 heavy (non-hydrogen) atoms. The van der Waals surface area contributed by atoms with E-state index in [1.807, 2.05) is 50.2 Å². The van der Waals surface area contributed by atoms with E-state index in [1.54, 1.807) is 11.3 Å². The van der Waals surface area contributed by atoms with E-state index in [4.69, 9.17) is 4.42 Å². The maximum absolute atomic E-state index is 12.4. The summed E-state index contributed by atoms with van der Waals surface area (Å²) in [6.07, 6.45) is -0.355. The first-order valence-corrected chi connectivity index (χ1v) is 9.17. The van der Waals surface area contributed by atoms with Crippen LogP contribution in [-0.4, -0.2) is 5.91 Å². The van der Waals surface area contributed by atoms with Crippen molar-refractivity contribution >= 4 is 38.2 Å². The van der Waals surface area contributed by atoms with Gasteiger partial charge < -0.3 is 15.1 Å². The topological polar surface area (TPSA) is 54.3 Å². The molecule has 0 aliphatic carbocycles. The number of halogens is 1. The van der Waals surface area contributed by atoms with Gasteiger partial charge in [-0.25, -0.2) is 0 Å². The Morgan fingerprint density at radius 2 is 1.83 bits per heavy atom. The molecular weight excluding hydrogens is 388 g/mol. The first kappa shape index (κ1) is 15.5. The first-order chi connectivity index (χ1) is 11.5. The van der Waals surface area contributed by atoms with Gasteiger partial charge in [-0.3, -0.25) is 4.79 Å². The first-order valence-electron chi connectivity index (χ1n) is 7.56. The molecule has 3 aromatic rings. The Balaban J connectivity index is 1.64. The Labute approximate surface area is 152 Å². The van der Waals surface area contributed by atoms with Crippen LogP contribution < -0.4 is 10.6 Å². The average molecular weight is 403 g/mol. The number of thiophene rings is 1. The number of amides is 1. The standard InChI is InChI=1S/C18H15BrN2O2S/c1-9-10(2)24-18-15(9)17(22)20-16(21-18)14-8-7-13(23-14)11-3-5-12(19)6-4-11/h3-8,16,21H,1-2H3,(H,20,22)/t16-/m0/s1. The van der Waals surface area contributed by atoms with Crippen molar-refractivity contribution in [1.29, 1.82) is 0 Å². The maximum Gasteiger partial charge on any atom is 0.256 e. The Hall–Kier alpha value is -2.05. The van der Waals surface area contributed by atoms with Crippen molar-refractivity contribution in [1.82, 2.24) is 5.32 Å². The van der Waals surface area contributed by atoms with Gasteiger partial charge >= 0.3 is 0 Å². The number of aryl methyl sites for hydroxylation is 1. The normalized spacial score (nSPS) is 16.5. The van der Waals surface area contributed by atoms with Gasteiger partial charge in [-0.15, -0.1) is 11.3 Å². The molecule has 1 aromatic carbocycles. The SMILES string of the molecule is Cc1sc2c(c1C)C(=O)N[C@H](c1ccc(-c3ccc(Br)cc3)o1)N2. The van der Waals surface area contributed by atoms with Crippen LogP contribution in [0.4, 0.5) is 5.00 Å². The summed E-state index contributed by atoms with van der Waals surface area (Å²) in [4.78, 5) is 13.6. The van der Waals surface area contributed by atoms with Gasteiger partial charge in [0.2, 0.25) is 0 Å². The fraction of sp³-hybridized carbons (Fsp3) is 0.167. The van der Waals surface area contributed by atoms with Crippen LogP contribution in [0.5, 0.6) is 0 Å². The third-order valence-electron chi connectivity index (χ3n) is 4.20. The molecule has 0 radical (unpaired) electrons. The van der Waals surface area contributed by atoms with Crippen LogP contribution in [0.2, 0.25) is 0 Å². The predicted octanol–water partition coefficient (Wildman–Crippen LogP) is 5.24. The number of fused-ring (bicyclic) bond motifs is 1. The molecule has 1 aliphatic heterocycles. The van der Waals surface area contributed by atoms with Crippen LogP contribution >= 0.6 is 27.3 Å². The van der Waals surface area contributed by atoms with E-state index in [1.165, 1.54) is 0 Å². The fourth-order valence-corrected chi connectivity index (χ4v) is 4.14. The van der Waals surface area contributed by atoms with E-state index in [0.717, 1.165) is 36.8 Å². The van der Waals surface area contributed by atoms with Crippen molar-refractivity contribution in [2.24, 2.45) is 0 Å². The van der Waals surface area contributed by atoms with E-state index in [0.29, 0.717) is 5.76 Å². The van der Waals surface area contributed by atoms with Gasteiger partial charge in [0.15, 0.2) is 6.17 Å². The number of benzene rings is 1. The second kappa shape index (κ2) is 5.79. The fourth-order valence-electron chi connectivity index (χ4n) is 2.79. The van der Waals surface area contributed by atoms with Crippen LogP contribution in [0.1, 0.15) is 32.7 Å². The van der Waals surface area contributed by atoms with Crippen LogP contribution in [0.25, 0.3) is 11.3 Å². The van der Waals surface area contributed by atoms with E-state index in [-0.39, 0.29) is 12.1 Å². The van der Waals surface area contributed by atoms with E-state index in [9.17, 15) is 4.79 Å². The zero-order valence-electron chi connectivity index (χ0n) is 13.1. The second-order valence-electron chi connectivity index (χ2n) is 5.75. The lowest BCUT2D eigenvalue weighted by atomic mass is 10.1. The molecule has 4 nitrogen and oxygen atoms in total. The summed E-state index contributed by atoms with van der Waals surface area (Å²) in [6, 6.07) is 11.7. The highest BCUT2D eigenvalue weighted by Crippen LogP contribution is 2.38. The van der Waals surface area contributed by atoms with Crippen molar-refractivity contribution in [3.05, 3.63) is 62.6 Å². The molecule has 0 unspecified atom stereocenters. The summed E-state index contributed by atoms with van der Waals surface area (Å²) >= 11 is 5.03. The molecule has 3 heterocycles. The number of anilines is 1. The number of rotatable bonds is 2. The molecule has 0 saturated carbocycles. The van der Waals surface area contributed by atoms with Crippen molar-refractivity contribution in [3.8, 4) is 11.3 Å². The minimum Gasteiger partial charge on any atom is -0.457 e. The largest absolute Gasteiger partial charge is 0.457 e. The van der Waals surface area contributed by atoms with Gasteiger partial charge in [0.1, 0.15) is 16.5 Å². The molecule has 122 valence electrons. The molecule has 1 aliphatic rings. The number of hydrogen-bond donors (Lipinski definition) is 2. The molecule has 0 saturated heterocycles. The van der Waals surface area contributed by atoms with E-state index >= 15 is 0 Å². The highest BCUT2D eigenvalue weighted by molar-refractivity contribution is 9.10. The summed E-state index contributed by atoms with van der Waals surface area (Å²) in [7, 11) is 0. The van der Waals surface area contributed by atoms with Crippen LogP contribution in [0.15, 0.2) is 45.3 Å². The van der Waals surface area contributed by atoms with Gasteiger partial charge in [0.25, 0.3) is 5.91 Å². The van der Waals surface area contributed by atoms with Gasteiger partial charge in [-0.1, -0.05) is 28.1 Å². The van der Waals surface area contributed by atoms with E-state index < -0.39 is 0 Å². The molecule has 2 aromatic heterocycles. The Bertz CT molecular complexity index is 927. The molecule has 4 rings (SSSR count). The molecule has 0 bridgehead atoms. The number of nitrogens with one attached hydrogen (secondary N) is 2. The average Bonchev–Trinajstić information content (AvgIpc) is 3.14. The summed E-state index contributed by atoms with van der Waals surface area (Å²) in [5, 5.41) is 7.24. The molecule has 1 atom stereocenters. The van der Waals surface area contributed by atoms with Crippen LogP contribution in [-0.2, 0) is 0 Å². The number of carbonyl (C=O) groups is 1. The van der Waals surface area contributed by atoms with Crippen LogP contribution in [0.3, 0.4) is 0 Å². The number of carbonyl (C=O) groups excluding carboxylic acids is 1. The zero-order chi connectivity index (χ0) is 16.8. The highest BCUT2D eigenvalue weighted by atomic mass is 79.9. The summed E-state index contributed by atoms with van der Waals surface area (Å²) in [5.74, 6) is 1.41. The maximum atomic E-state index is 12.4. The number of hydrogen-bond acceptors (Lipinski definition) is 4. The third-order valence-corrected chi connectivity index (χ3v) is 5.87. The Morgan fingerprint density at radius 3 is 2.58 bits per heavy atom. The Kier molecular flexibility index (Phi) is 3.73. The number of furan rings is 1. The van der Waals surface area contributed by atoms with Gasteiger partial charge in [-0.05, 0) is 43.7 Å². The molecule has 1 amide bonds. The van der Waals surface area contributed by atoms with Gasteiger partial charge in [-0.2, -0.15) is 0 Å². The predicted molar refractivity (Wildman–Crippen MR) is 99.5 cm³/mol. The van der Waals surface area contributed by atoms with Crippen LogP contribution in [0, 0.1) is 13.8 Å². The minimum atomic E-state index is -0.355. The molecule has 6 heteroatoms. The zero-order valence-corrected chi connectivity index (χ0v) is 15.5. The van der Waals surface area contributed by atoms with Crippen molar-refractivity contribution in [2.45, 2.75) is 20.0 Å². The third kappa shape index (κ3) is 2.56. The lowest BCUT2D eigenvalue weighted by Crippen LogP contribution is -2.37. The quantitative estimate of drug-likeness (QED) is 0.615. The smallest absolute Gasteiger partial charge is 0.256 e. The van der Waals surface area contributed by atoms with Crippen molar-refractivity contribution < 1.29 is 9.21 Å². The van der Waals surface area contributed by atoms with Gasteiger partial charge in [0, 0.05) is 14.9 Å². The van der Waals surface area contributed by atoms with Gasteiger partial charge in [0.05, 0.1) is 5.56 Å². The molecule has 2 N–H and O–H groups in total. The highest BCUT2D eigenvalue weighted by Gasteiger charge is 2.30. The lowest BCUT2D eigenvalue weighted by Gasteiger charge is -2.24. The summed E-state index contributed by atoms with van der Waals surface area (Å²) in [6.45, 7) is 4.01. The summed E-state index contributed by atoms with van der Waals surface area (Å²) in [5.41, 5.74) is 2.77. The monoisotopic (exact) mass is 402 g/mol. The van der Waals surface area contributed by atoms with E-state index in [2.05, 4.69) is 26.6 Å². The Morgan fingerprint density at radius 1 is 1.08 bits per heavy atom. The summed E-state index contributed by atoms with van der Waals surface area (Å²) < 4.78 is 6.98. The molecular formula is C18H15BrN2O2S. The molecule has 0 spiro atoms. The van der Waals surface area contributed by atoms with Crippen molar-refractivity contribution in [2.75, 3.05) is 5.32 Å². The minimum absolute atomic E-state index is 0.0582. The lowest BCUT2D eigenvalue weighted by molar-refractivity contribution is 0.0931.